The van der Waals surface area contributed by atoms with Gasteiger partial charge in [0.2, 0.25) is 0 Å². The van der Waals surface area contributed by atoms with Gasteiger partial charge in [0.25, 0.3) is 5.91 Å². The molecule has 3 nitrogen and oxygen atoms in total. The van der Waals surface area contributed by atoms with E-state index in [4.69, 9.17) is 5.26 Å². The van der Waals surface area contributed by atoms with E-state index in [-0.39, 0.29) is 11.9 Å². The fourth-order valence-corrected chi connectivity index (χ4v) is 1.16. The van der Waals surface area contributed by atoms with Gasteiger partial charge in [-0.1, -0.05) is 6.07 Å². The lowest BCUT2D eigenvalue weighted by molar-refractivity contribution is 0.0755. The summed E-state index contributed by atoms with van der Waals surface area (Å²) in [4.78, 5) is 13.5. The summed E-state index contributed by atoms with van der Waals surface area (Å²) in [5.41, 5.74) is 1.07. The van der Waals surface area contributed by atoms with Crippen molar-refractivity contribution in [3.8, 4) is 6.07 Å². The molecule has 0 N–H and O–H groups in total. The van der Waals surface area contributed by atoms with Gasteiger partial charge >= 0.3 is 0 Å². The van der Waals surface area contributed by atoms with E-state index in [0.717, 1.165) is 0 Å². The molecule has 78 valence electrons. The Hall–Kier alpha value is -1.82. The van der Waals surface area contributed by atoms with Crippen molar-refractivity contribution in [3.05, 3.63) is 35.4 Å². The average Bonchev–Trinajstić information content (AvgIpc) is 2.27. The Bertz CT molecular complexity index is 404. The first kappa shape index (κ1) is 11.3. The number of amides is 1. The molecule has 0 radical (unpaired) electrons. The van der Waals surface area contributed by atoms with E-state index in [9.17, 15) is 4.79 Å². The highest BCUT2D eigenvalue weighted by Crippen LogP contribution is 2.08. The van der Waals surface area contributed by atoms with E-state index >= 15 is 0 Å². The molecule has 1 aromatic carbocycles. The van der Waals surface area contributed by atoms with Crippen LogP contribution in [0.2, 0.25) is 0 Å². The van der Waals surface area contributed by atoms with Crippen LogP contribution in [0.15, 0.2) is 24.3 Å². The molecule has 1 aromatic rings. The Balaban J connectivity index is 2.97. The molecule has 0 aliphatic heterocycles. The first-order valence-electron chi connectivity index (χ1n) is 4.83. The lowest BCUT2D eigenvalue weighted by Crippen LogP contribution is -2.32. The van der Waals surface area contributed by atoms with Crippen molar-refractivity contribution in [1.29, 1.82) is 5.26 Å². The third-order valence-electron chi connectivity index (χ3n) is 2.33. The maximum absolute atomic E-state index is 11.9. The number of rotatable bonds is 2. The molecule has 1 rings (SSSR count). The smallest absolute Gasteiger partial charge is 0.253 e. The molecule has 0 aromatic heterocycles. The standard InChI is InChI=1S/C12H14N2O/c1-9(2)14(3)12(15)11-6-4-5-10(7-11)8-13/h4-7,9H,1-3H3. The quantitative estimate of drug-likeness (QED) is 0.736. The Labute approximate surface area is 89.9 Å². The van der Waals surface area contributed by atoms with E-state index in [2.05, 4.69) is 0 Å². The third-order valence-corrected chi connectivity index (χ3v) is 2.33. The van der Waals surface area contributed by atoms with Gasteiger partial charge in [0.15, 0.2) is 0 Å². The van der Waals surface area contributed by atoms with Crippen molar-refractivity contribution in [2.45, 2.75) is 19.9 Å². The van der Waals surface area contributed by atoms with Gasteiger partial charge in [-0.05, 0) is 32.0 Å². The van der Waals surface area contributed by atoms with Crippen LogP contribution in [0.3, 0.4) is 0 Å². The van der Waals surface area contributed by atoms with Crippen LogP contribution in [0.4, 0.5) is 0 Å². The molecule has 0 spiro atoms. The van der Waals surface area contributed by atoms with Crippen molar-refractivity contribution in [2.24, 2.45) is 0 Å². The van der Waals surface area contributed by atoms with Gasteiger partial charge in [-0.3, -0.25) is 4.79 Å². The predicted octanol–water partition coefficient (Wildman–Crippen LogP) is 2.04. The highest BCUT2D eigenvalue weighted by Gasteiger charge is 2.14. The number of carbonyl (C=O) groups is 1. The van der Waals surface area contributed by atoms with Crippen LogP contribution in [-0.2, 0) is 0 Å². The summed E-state index contributed by atoms with van der Waals surface area (Å²) in [6, 6.07) is 8.92. The van der Waals surface area contributed by atoms with E-state index < -0.39 is 0 Å². The summed E-state index contributed by atoms with van der Waals surface area (Å²) in [5, 5.41) is 8.72. The molecular weight excluding hydrogens is 188 g/mol. The Morgan fingerprint density at radius 3 is 2.67 bits per heavy atom. The maximum Gasteiger partial charge on any atom is 0.253 e. The zero-order valence-electron chi connectivity index (χ0n) is 9.19. The van der Waals surface area contributed by atoms with E-state index in [0.29, 0.717) is 11.1 Å². The number of nitrogens with zero attached hydrogens (tertiary/aromatic N) is 2. The normalized spacial score (nSPS) is 9.80. The second-order valence-electron chi connectivity index (χ2n) is 3.70. The summed E-state index contributed by atoms with van der Waals surface area (Å²) >= 11 is 0. The zero-order chi connectivity index (χ0) is 11.4. The first-order valence-corrected chi connectivity index (χ1v) is 4.83. The van der Waals surface area contributed by atoms with Gasteiger partial charge in [0.1, 0.15) is 0 Å². The minimum absolute atomic E-state index is 0.0536. The highest BCUT2D eigenvalue weighted by atomic mass is 16.2. The topological polar surface area (TPSA) is 44.1 Å². The van der Waals surface area contributed by atoms with Crippen molar-refractivity contribution in [2.75, 3.05) is 7.05 Å². The van der Waals surface area contributed by atoms with Crippen molar-refractivity contribution in [1.82, 2.24) is 4.90 Å². The Morgan fingerprint density at radius 2 is 2.13 bits per heavy atom. The summed E-state index contributed by atoms with van der Waals surface area (Å²) in [6.45, 7) is 3.90. The molecule has 0 saturated carbocycles. The van der Waals surface area contributed by atoms with E-state index in [1.165, 1.54) is 0 Å². The maximum atomic E-state index is 11.9. The van der Waals surface area contributed by atoms with Crippen molar-refractivity contribution in [3.63, 3.8) is 0 Å². The molecule has 0 unspecified atom stereocenters. The van der Waals surface area contributed by atoms with Gasteiger partial charge in [0, 0.05) is 18.7 Å². The van der Waals surface area contributed by atoms with Crippen LogP contribution in [0.1, 0.15) is 29.8 Å². The molecule has 0 bridgehead atoms. The number of benzene rings is 1. The molecule has 3 heteroatoms. The molecule has 0 heterocycles. The molecule has 0 aliphatic carbocycles. The van der Waals surface area contributed by atoms with Crippen LogP contribution in [-0.4, -0.2) is 23.9 Å². The van der Waals surface area contributed by atoms with Crippen LogP contribution >= 0.6 is 0 Å². The molecule has 0 atom stereocenters. The molecule has 1 amide bonds. The third kappa shape index (κ3) is 2.57. The van der Waals surface area contributed by atoms with Gasteiger partial charge in [-0.2, -0.15) is 5.26 Å². The van der Waals surface area contributed by atoms with Crippen LogP contribution < -0.4 is 0 Å². The lowest BCUT2D eigenvalue weighted by atomic mass is 10.1. The number of hydrogen-bond acceptors (Lipinski definition) is 2. The Kier molecular flexibility index (Phi) is 3.46. The summed E-state index contributed by atoms with van der Waals surface area (Å²) in [6.07, 6.45) is 0. The minimum Gasteiger partial charge on any atom is -0.339 e. The summed E-state index contributed by atoms with van der Waals surface area (Å²) < 4.78 is 0. The monoisotopic (exact) mass is 202 g/mol. The van der Waals surface area contributed by atoms with Crippen LogP contribution in [0, 0.1) is 11.3 Å². The SMILES string of the molecule is CC(C)N(C)C(=O)c1cccc(C#N)c1. The number of nitriles is 1. The van der Waals surface area contributed by atoms with E-state index in [1.54, 1.807) is 36.2 Å². The summed E-state index contributed by atoms with van der Waals surface area (Å²) in [5.74, 6) is -0.0536. The fourth-order valence-electron chi connectivity index (χ4n) is 1.16. The predicted molar refractivity (Wildman–Crippen MR) is 58.4 cm³/mol. The van der Waals surface area contributed by atoms with Crippen LogP contribution in [0.25, 0.3) is 0 Å². The average molecular weight is 202 g/mol. The first-order chi connectivity index (χ1) is 7.06. The van der Waals surface area contributed by atoms with Crippen LogP contribution in [0.5, 0.6) is 0 Å². The lowest BCUT2D eigenvalue weighted by Gasteiger charge is -2.21. The molecule has 0 fully saturated rings. The van der Waals surface area contributed by atoms with Gasteiger partial charge < -0.3 is 4.90 Å². The number of carbonyl (C=O) groups excluding carboxylic acids is 1. The van der Waals surface area contributed by atoms with Gasteiger partial charge in [-0.15, -0.1) is 0 Å². The zero-order valence-corrected chi connectivity index (χ0v) is 9.19. The Morgan fingerprint density at radius 1 is 1.47 bits per heavy atom. The number of hydrogen-bond donors (Lipinski definition) is 0. The largest absolute Gasteiger partial charge is 0.339 e. The summed E-state index contributed by atoms with van der Waals surface area (Å²) in [7, 11) is 1.76. The fraction of sp³-hybridized carbons (Fsp3) is 0.333. The molecule has 0 aliphatic rings. The molecule has 15 heavy (non-hydrogen) atoms. The minimum atomic E-state index is -0.0536. The molecular formula is C12H14N2O. The van der Waals surface area contributed by atoms with Crippen molar-refractivity contribution >= 4 is 5.91 Å². The second kappa shape index (κ2) is 4.61. The van der Waals surface area contributed by atoms with Gasteiger partial charge in [0.05, 0.1) is 11.6 Å². The van der Waals surface area contributed by atoms with Crippen molar-refractivity contribution < 1.29 is 4.79 Å². The second-order valence-corrected chi connectivity index (χ2v) is 3.70. The van der Waals surface area contributed by atoms with E-state index in [1.807, 2.05) is 19.9 Å². The highest BCUT2D eigenvalue weighted by molar-refractivity contribution is 5.94. The molecule has 0 saturated heterocycles. The van der Waals surface area contributed by atoms with Gasteiger partial charge in [-0.25, -0.2) is 0 Å².